The van der Waals surface area contributed by atoms with E-state index in [0.29, 0.717) is 0 Å². The van der Waals surface area contributed by atoms with Crippen molar-refractivity contribution >= 4 is 29.5 Å². The molecule has 0 radical (unpaired) electrons. The highest BCUT2D eigenvalue weighted by Gasteiger charge is 2.60. The maximum absolute atomic E-state index is 13.3. The summed E-state index contributed by atoms with van der Waals surface area (Å²) in [6.07, 6.45) is -70.4. The minimum atomic E-state index is -2.49. The van der Waals surface area contributed by atoms with E-state index < -0.39 is 328 Å². The Hall–Kier alpha value is -4.09. The molecule has 26 N–H and O–H groups in total. The molecular formula is C58H97N5O41. The monoisotopic (exact) mass is 1520 g/mol. The molecule has 46 heteroatoms. The van der Waals surface area contributed by atoms with E-state index in [9.17, 15) is 131 Å². The van der Waals surface area contributed by atoms with Gasteiger partial charge in [-0.1, -0.05) is 0 Å². The Morgan fingerprint density at radius 2 is 0.519 bits per heavy atom. The van der Waals surface area contributed by atoms with E-state index in [1.807, 2.05) is 0 Å². The van der Waals surface area contributed by atoms with E-state index in [1.165, 1.54) is 0 Å². The molecule has 600 valence electrons. The highest BCUT2D eigenvalue weighted by atomic mass is 16.8. The summed E-state index contributed by atoms with van der Waals surface area (Å²) in [5.41, 5.74) is 0. The molecule has 8 aliphatic rings. The van der Waals surface area contributed by atoms with Crippen molar-refractivity contribution in [3.63, 3.8) is 0 Å². The normalized spacial score (nSPS) is 47.2. The lowest BCUT2D eigenvalue weighted by Gasteiger charge is -2.51. The van der Waals surface area contributed by atoms with E-state index in [0.717, 1.165) is 34.6 Å². The van der Waals surface area contributed by atoms with Crippen LogP contribution >= 0.6 is 0 Å². The van der Waals surface area contributed by atoms with Crippen LogP contribution in [-0.4, -0.2) is 435 Å². The van der Waals surface area contributed by atoms with Gasteiger partial charge in [0.25, 0.3) is 0 Å². The topological polar surface area (TPSA) is 709 Å². The van der Waals surface area contributed by atoms with Gasteiger partial charge in [0.1, 0.15) is 195 Å². The van der Waals surface area contributed by atoms with Crippen LogP contribution in [0.1, 0.15) is 34.6 Å². The highest BCUT2D eigenvalue weighted by Crippen LogP contribution is 2.39. The summed E-state index contributed by atoms with van der Waals surface area (Å²) in [6, 6.07) is -9.03. The maximum atomic E-state index is 13.3. The van der Waals surface area contributed by atoms with Crippen molar-refractivity contribution in [3.05, 3.63) is 0 Å². The van der Waals surface area contributed by atoms with Crippen molar-refractivity contribution in [1.29, 1.82) is 0 Å². The molecule has 8 rings (SSSR count). The van der Waals surface area contributed by atoms with Crippen molar-refractivity contribution in [1.82, 2.24) is 26.6 Å². The molecule has 8 heterocycles. The Balaban J connectivity index is 1.13. The number of aliphatic hydroxyl groups is 21. The first-order valence-electron chi connectivity index (χ1n) is 33.1. The average Bonchev–Trinajstić information content (AvgIpc) is 0.722. The fourth-order valence-electron chi connectivity index (χ4n) is 13.4. The molecule has 8 fully saturated rings. The largest absolute Gasteiger partial charge is 0.394 e. The van der Waals surface area contributed by atoms with Crippen LogP contribution in [0.25, 0.3) is 0 Å². The van der Waals surface area contributed by atoms with Crippen LogP contribution < -0.4 is 26.6 Å². The van der Waals surface area contributed by atoms with E-state index in [2.05, 4.69) is 26.6 Å². The Kier molecular flexibility index (Phi) is 30.9. The molecule has 8 aliphatic heterocycles. The van der Waals surface area contributed by atoms with Gasteiger partial charge in [-0.15, -0.1) is 0 Å². The third-order valence-corrected chi connectivity index (χ3v) is 18.6. The molecule has 0 aromatic carbocycles. The van der Waals surface area contributed by atoms with Crippen molar-refractivity contribution in [2.45, 2.75) is 280 Å². The molecule has 0 spiro atoms. The van der Waals surface area contributed by atoms with Crippen LogP contribution in [0.5, 0.6) is 0 Å². The second-order valence-electron chi connectivity index (χ2n) is 26.1. The Morgan fingerprint density at radius 1 is 0.250 bits per heavy atom. The number of carbonyl (C=O) groups excluding carboxylic acids is 5. The van der Waals surface area contributed by atoms with Crippen LogP contribution in [0.3, 0.4) is 0 Å². The number of rotatable bonds is 27. The predicted octanol–water partition coefficient (Wildman–Crippen LogP) is -17.7. The zero-order valence-electron chi connectivity index (χ0n) is 56.3. The molecule has 46 nitrogen and oxygen atoms in total. The second kappa shape index (κ2) is 37.5. The van der Waals surface area contributed by atoms with Crippen LogP contribution in [0.2, 0.25) is 0 Å². The summed E-state index contributed by atoms with van der Waals surface area (Å²) in [6.45, 7) is -3.48. The highest BCUT2D eigenvalue weighted by molar-refractivity contribution is 5.75. The maximum Gasteiger partial charge on any atom is 0.217 e. The predicted molar refractivity (Wildman–Crippen MR) is 322 cm³/mol. The van der Waals surface area contributed by atoms with Crippen molar-refractivity contribution < 1.29 is 202 Å². The van der Waals surface area contributed by atoms with Gasteiger partial charge in [-0.25, -0.2) is 0 Å². The first-order chi connectivity index (χ1) is 49.2. The summed E-state index contributed by atoms with van der Waals surface area (Å²) in [5.74, 6) is -4.40. The van der Waals surface area contributed by atoms with E-state index in [4.69, 9.17) is 71.1 Å². The number of nitrogens with one attached hydrogen (secondary N) is 5. The standard InChI is InChI=1S/C58H97N5O41/c1-14(71)59-27-38(82)32(76)19(6-64)92-53(27)103-49-36(80)23(10-68)95-57(43(49)87)102-48-31(63-18(5)75)55(93-22(9-67)35(48)79)104-50-37(81)26(13-90-52-28(60-15(2)72)39(83)45(24(11-69)96-52)99-56-42(86)41(85)33(77)20(7-65)94-56)98-58(44(50)88)100-46-25(12-70)97-54(29(40(46)84)61-16(3)73)101-47-30(62-17(4)74)51(89)91-21(8-66)34(47)78/h19-58,64-70,76-89H,6-13H2,1-5H3,(H,59,71)(H,60,72)(H,61,73)(H,62,74)(H,63,75)/t19-,20-,21-,22-,23-,24-,25-,26-,27-,28-,29-,30-,31-,32+,33+,34+,35-,36+,37+,38-,39+,40-,41+,42-,43-,44-,45-,46-,47-,48-,49+,50+,51?,52-,53-,54+,55+,56+,57+,58+/m1/s1. The third kappa shape index (κ3) is 19.2. The van der Waals surface area contributed by atoms with E-state index >= 15 is 0 Å². The smallest absolute Gasteiger partial charge is 0.217 e. The number of aliphatic hydroxyl groups excluding tert-OH is 21. The summed E-state index contributed by atoms with van der Waals surface area (Å²) in [4.78, 5) is 63.7. The number of hydrogen-bond donors (Lipinski definition) is 26. The summed E-state index contributed by atoms with van der Waals surface area (Å²) in [5, 5.41) is 245. The van der Waals surface area contributed by atoms with Crippen LogP contribution in [0.15, 0.2) is 0 Å². The molecule has 0 aromatic rings. The van der Waals surface area contributed by atoms with Gasteiger partial charge in [0.2, 0.25) is 29.5 Å². The zero-order valence-corrected chi connectivity index (χ0v) is 56.3. The van der Waals surface area contributed by atoms with Crippen LogP contribution in [0, 0.1) is 0 Å². The lowest BCUT2D eigenvalue weighted by Crippen LogP contribution is -2.71. The van der Waals surface area contributed by atoms with Gasteiger partial charge in [-0.3, -0.25) is 24.0 Å². The number of ether oxygens (including phenoxy) is 15. The summed E-state index contributed by atoms with van der Waals surface area (Å²) < 4.78 is 88.7. The molecular weight excluding hydrogens is 1420 g/mol. The second-order valence-corrected chi connectivity index (χ2v) is 26.1. The van der Waals surface area contributed by atoms with Gasteiger partial charge in [-0.05, 0) is 0 Å². The van der Waals surface area contributed by atoms with Gasteiger partial charge in [0.15, 0.2) is 50.3 Å². The van der Waals surface area contributed by atoms with Gasteiger partial charge in [-0.2, -0.15) is 0 Å². The Bertz CT molecular complexity index is 2770. The number of amides is 5. The average molecular weight is 1520 g/mol. The van der Waals surface area contributed by atoms with Crippen LogP contribution in [0.4, 0.5) is 0 Å². The Labute approximate surface area is 589 Å². The first kappa shape index (κ1) is 85.5. The van der Waals surface area contributed by atoms with Gasteiger partial charge >= 0.3 is 0 Å². The van der Waals surface area contributed by atoms with Crippen molar-refractivity contribution in [3.8, 4) is 0 Å². The molecule has 1 unspecified atom stereocenters. The fourth-order valence-corrected chi connectivity index (χ4v) is 13.4. The minimum Gasteiger partial charge on any atom is -0.394 e. The molecule has 8 saturated heterocycles. The Morgan fingerprint density at radius 3 is 0.952 bits per heavy atom. The SMILES string of the molecule is CC(=O)N[C@H]1[C@H](O[C@H]2[C@@H](O)[C@@H](CO)OC(O)[C@@H]2NC(C)=O)O[C@H](CO)[C@@H](O[C@@H]2O[C@H](CO[C@@H]3O[C@H](CO)[C@@H](O[C@@H]4O[C@H](CO)[C@H](O)[C@H](O)[C@H]4O)[C@@H](O)[C@H]3NC(C)=O)[C@H](O)[C@H](O[C@@H]3O[C@H](CO)[C@@H](O)[C@H](O[C@@H]4O[C@H](CO)[C@H](O)[C@H](O[C@H]5O[C@H](CO)[C@H](O)[C@H](O)[C@H]5NC(C)=O)[C@H]4O)[C@H]3NC(C)=O)[C@H]2O)[C@@H]1O. The van der Waals surface area contributed by atoms with E-state index in [1.54, 1.807) is 0 Å². The lowest BCUT2D eigenvalue weighted by atomic mass is 9.93. The van der Waals surface area contributed by atoms with Crippen LogP contribution in [-0.2, 0) is 95.0 Å². The molecule has 0 aromatic heterocycles. The first-order valence-corrected chi connectivity index (χ1v) is 33.1. The van der Waals surface area contributed by atoms with Gasteiger partial charge < -0.3 is 205 Å². The number of hydrogen-bond acceptors (Lipinski definition) is 41. The molecule has 5 amide bonds. The van der Waals surface area contributed by atoms with E-state index in [-0.39, 0.29) is 0 Å². The van der Waals surface area contributed by atoms with Gasteiger partial charge in [0.05, 0.1) is 52.9 Å². The van der Waals surface area contributed by atoms with Crippen molar-refractivity contribution in [2.75, 3.05) is 52.9 Å². The molecule has 0 saturated carbocycles. The van der Waals surface area contributed by atoms with Crippen molar-refractivity contribution in [2.24, 2.45) is 0 Å². The summed E-state index contributed by atoms with van der Waals surface area (Å²) in [7, 11) is 0. The molecule has 40 atom stereocenters. The third-order valence-electron chi connectivity index (χ3n) is 18.6. The molecule has 0 bridgehead atoms. The van der Waals surface area contributed by atoms with Gasteiger partial charge in [0, 0.05) is 34.6 Å². The molecule has 0 aliphatic carbocycles. The lowest BCUT2D eigenvalue weighted by molar-refractivity contribution is -0.386. The minimum absolute atomic E-state index is 0.796. The quantitative estimate of drug-likeness (QED) is 0.0363. The molecule has 104 heavy (non-hydrogen) atoms. The zero-order chi connectivity index (χ0) is 76.8. The summed E-state index contributed by atoms with van der Waals surface area (Å²) >= 11 is 0. The number of carbonyl (C=O) groups is 5. The fraction of sp³-hybridized carbons (Fsp3) is 0.914.